The monoisotopic (exact) mass is 733 g/mol. The third-order valence-corrected chi connectivity index (χ3v) is 12.8. The summed E-state index contributed by atoms with van der Waals surface area (Å²) in [5, 5.41) is 6.47. The summed E-state index contributed by atoms with van der Waals surface area (Å²) in [5.74, 6) is -0.222. The van der Waals surface area contributed by atoms with Crippen LogP contribution >= 0.6 is 23.1 Å². The van der Waals surface area contributed by atoms with Crippen LogP contribution in [0.3, 0.4) is 0 Å². The van der Waals surface area contributed by atoms with Gasteiger partial charge in [0.25, 0.3) is 25.2 Å². The van der Waals surface area contributed by atoms with Crippen LogP contribution in [0.2, 0.25) is 0 Å². The summed E-state index contributed by atoms with van der Waals surface area (Å²) in [6.07, 6.45) is 9.04. The van der Waals surface area contributed by atoms with E-state index >= 15 is 0 Å². The molecule has 1 aliphatic heterocycles. The summed E-state index contributed by atoms with van der Waals surface area (Å²) >= 11 is 3.36. The first-order valence-electron chi connectivity index (χ1n) is 16.3. The highest BCUT2D eigenvalue weighted by Gasteiger charge is 2.29. The molecule has 1 aromatic heterocycles. The molecule has 0 spiro atoms. The van der Waals surface area contributed by atoms with E-state index in [1.54, 1.807) is 23.1 Å². The van der Waals surface area contributed by atoms with Gasteiger partial charge in [0.15, 0.2) is 6.54 Å². The van der Waals surface area contributed by atoms with Crippen molar-refractivity contribution in [2.45, 2.75) is 44.0 Å². The first-order valence-corrected chi connectivity index (χ1v) is 21.1. The largest absolute Gasteiger partial charge is 0.334 e. The summed E-state index contributed by atoms with van der Waals surface area (Å²) in [7, 11) is -8.16. The molecule has 0 radical (unpaired) electrons. The summed E-state index contributed by atoms with van der Waals surface area (Å²) in [4.78, 5) is 3.30. The van der Waals surface area contributed by atoms with Crippen LogP contribution in [0.5, 0.6) is 0 Å². The molecule has 2 N–H and O–H groups in total. The standard InChI is InChI=1S/C37H36N2O6S4/c1-25-20-26(23-34-38(16-6-18-48(40,41)42)36-30-10-4-2-8-28(30)12-14-32(36)46-34)22-27(21-25)24-35-39(17-7-19-49(43,44)45)37-31-11-5-3-9-29(31)13-15-33(37)47-35/h2-5,8-15,22-25H,6-7,16-21H2,1H3,(H-,40,41,42,43,44,45)/p+1. The number of hydrogen-bond acceptors (Lipinski definition) is 7. The van der Waals surface area contributed by atoms with Crippen molar-refractivity contribution in [3.8, 4) is 0 Å². The van der Waals surface area contributed by atoms with Gasteiger partial charge in [0.05, 0.1) is 27.6 Å². The third-order valence-electron chi connectivity index (χ3n) is 8.95. The second-order valence-electron chi connectivity index (χ2n) is 12.8. The van der Waals surface area contributed by atoms with Crippen LogP contribution in [0.25, 0.3) is 37.8 Å². The van der Waals surface area contributed by atoms with Gasteiger partial charge in [-0.05, 0) is 71.4 Å². The first kappa shape index (κ1) is 34.0. The highest BCUT2D eigenvalue weighted by molar-refractivity contribution is 8.03. The van der Waals surface area contributed by atoms with Crippen molar-refractivity contribution in [3.63, 3.8) is 0 Å². The molecular weight excluding hydrogens is 697 g/mol. The summed E-state index contributed by atoms with van der Waals surface area (Å²) in [6, 6.07) is 24.8. The van der Waals surface area contributed by atoms with Gasteiger partial charge in [-0.15, -0.1) is 0 Å². The van der Waals surface area contributed by atoms with Crippen LogP contribution in [0.1, 0.15) is 37.6 Å². The SMILES string of the molecule is CC1CC(C=C2Sc3ccc4ccccc4c3N2CCCS(=O)(=O)O)=CC(=Cc2sc3ccc4ccccc4c3[n+]2CCCS(=O)(=O)O)C1. The molecule has 1 atom stereocenters. The molecule has 2 heterocycles. The van der Waals surface area contributed by atoms with E-state index in [1.165, 1.54) is 11.1 Å². The maximum absolute atomic E-state index is 11.6. The fourth-order valence-electron chi connectivity index (χ4n) is 6.97. The minimum atomic E-state index is -4.08. The summed E-state index contributed by atoms with van der Waals surface area (Å²) < 4.78 is 68.6. The van der Waals surface area contributed by atoms with E-state index < -0.39 is 20.2 Å². The molecule has 49 heavy (non-hydrogen) atoms. The fourth-order valence-corrected chi connectivity index (χ4v) is 10.3. The zero-order chi connectivity index (χ0) is 34.3. The van der Waals surface area contributed by atoms with E-state index in [0.29, 0.717) is 19.0 Å². The zero-order valence-corrected chi connectivity index (χ0v) is 30.2. The Kier molecular flexibility index (Phi) is 9.46. The number of fused-ring (bicyclic) bond motifs is 6. The van der Waals surface area contributed by atoms with Crippen molar-refractivity contribution in [3.05, 3.63) is 106 Å². The van der Waals surface area contributed by atoms with Crippen molar-refractivity contribution >= 4 is 86.9 Å². The van der Waals surface area contributed by atoms with Gasteiger partial charge in [-0.2, -0.15) is 21.4 Å². The fraction of sp³-hybridized carbons (Fsp3) is 0.270. The van der Waals surface area contributed by atoms with Crippen LogP contribution in [-0.2, 0) is 26.8 Å². The number of hydrogen-bond donors (Lipinski definition) is 2. The number of nitrogens with zero attached hydrogens (tertiary/aromatic N) is 2. The predicted octanol–water partition coefficient (Wildman–Crippen LogP) is 8.24. The van der Waals surface area contributed by atoms with Crippen molar-refractivity contribution < 1.29 is 30.5 Å². The normalized spacial score (nSPS) is 18.6. The highest BCUT2D eigenvalue weighted by atomic mass is 32.2. The van der Waals surface area contributed by atoms with Crippen molar-refractivity contribution in [1.82, 2.24) is 0 Å². The molecule has 0 saturated heterocycles. The number of benzene rings is 4. The van der Waals surface area contributed by atoms with Gasteiger partial charge in [0.2, 0.25) is 5.52 Å². The van der Waals surface area contributed by atoms with Gasteiger partial charge in [-0.25, -0.2) is 0 Å². The van der Waals surface area contributed by atoms with Crippen molar-refractivity contribution in [2.24, 2.45) is 5.92 Å². The van der Waals surface area contributed by atoms with E-state index in [1.807, 2.05) is 24.3 Å². The minimum Gasteiger partial charge on any atom is -0.334 e. The number of aryl methyl sites for hydroxylation is 1. The molecule has 1 unspecified atom stereocenters. The first-order chi connectivity index (χ1) is 23.4. The number of rotatable bonds is 10. The van der Waals surface area contributed by atoms with E-state index in [0.717, 1.165) is 65.2 Å². The van der Waals surface area contributed by atoms with Crippen LogP contribution < -0.4 is 9.47 Å². The maximum atomic E-state index is 11.6. The van der Waals surface area contributed by atoms with Gasteiger partial charge >= 0.3 is 0 Å². The van der Waals surface area contributed by atoms with Crippen LogP contribution in [0.4, 0.5) is 5.69 Å². The van der Waals surface area contributed by atoms with Gasteiger partial charge in [0, 0.05) is 29.3 Å². The van der Waals surface area contributed by atoms with E-state index in [2.05, 4.69) is 83.1 Å². The quantitative estimate of drug-likeness (QED) is 0.109. The lowest BCUT2D eigenvalue weighted by molar-refractivity contribution is -0.667. The van der Waals surface area contributed by atoms with Gasteiger partial charge in [0.1, 0.15) is 4.70 Å². The maximum Gasteiger partial charge on any atom is 0.265 e. The number of allylic oxidation sites excluding steroid dienone is 4. The molecule has 1 aliphatic carbocycles. The molecule has 8 nitrogen and oxygen atoms in total. The lowest BCUT2D eigenvalue weighted by atomic mass is 9.87. The molecule has 0 fully saturated rings. The van der Waals surface area contributed by atoms with Crippen LogP contribution in [-0.4, -0.2) is 44.0 Å². The molecule has 254 valence electrons. The Bertz CT molecular complexity index is 2410. The molecule has 7 rings (SSSR count). The van der Waals surface area contributed by atoms with E-state index in [-0.39, 0.29) is 24.3 Å². The second kappa shape index (κ2) is 13.7. The molecule has 12 heteroatoms. The summed E-state index contributed by atoms with van der Waals surface area (Å²) in [5.41, 5.74) is 4.48. The zero-order valence-electron chi connectivity index (χ0n) is 26.9. The Hall–Kier alpha value is -3.52. The molecule has 5 aromatic rings. The number of thiazole rings is 1. The predicted molar refractivity (Wildman–Crippen MR) is 201 cm³/mol. The average molecular weight is 734 g/mol. The lowest BCUT2D eigenvalue weighted by Crippen LogP contribution is -2.36. The van der Waals surface area contributed by atoms with Gasteiger partial charge < -0.3 is 4.90 Å². The smallest absolute Gasteiger partial charge is 0.265 e. The molecule has 0 saturated carbocycles. The molecule has 4 aromatic carbocycles. The van der Waals surface area contributed by atoms with Gasteiger partial charge in [-0.1, -0.05) is 90.7 Å². The van der Waals surface area contributed by atoms with Gasteiger partial charge in [-0.3, -0.25) is 9.11 Å². The average Bonchev–Trinajstić information content (AvgIpc) is 3.57. The van der Waals surface area contributed by atoms with E-state index in [9.17, 15) is 25.9 Å². The molecule has 0 amide bonds. The minimum absolute atomic E-state index is 0.290. The number of thioether (sulfide) groups is 1. The van der Waals surface area contributed by atoms with Crippen molar-refractivity contribution in [1.29, 1.82) is 0 Å². The Morgan fingerprint density at radius 2 is 1.51 bits per heavy atom. The van der Waals surface area contributed by atoms with E-state index in [4.69, 9.17) is 0 Å². The highest BCUT2D eigenvalue weighted by Crippen LogP contribution is 2.50. The van der Waals surface area contributed by atoms with Crippen LogP contribution in [0, 0.1) is 5.92 Å². The third kappa shape index (κ3) is 7.64. The number of aromatic nitrogens is 1. The Labute approximate surface area is 295 Å². The molecular formula is C37H37N2O6S4+. The topological polar surface area (TPSA) is 116 Å². The second-order valence-corrected chi connectivity index (χ2v) is 18.1. The van der Waals surface area contributed by atoms with Crippen molar-refractivity contribution in [2.75, 3.05) is 23.0 Å². The lowest BCUT2D eigenvalue weighted by Gasteiger charge is -2.24. The Morgan fingerprint density at radius 1 is 0.837 bits per heavy atom. The Morgan fingerprint density at radius 3 is 2.27 bits per heavy atom. The number of anilines is 1. The summed E-state index contributed by atoms with van der Waals surface area (Å²) in [6.45, 7) is 3.14. The molecule has 0 bridgehead atoms. The Balaban J connectivity index is 1.28. The van der Waals surface area contributed by atoms with Crippen LogP contribution in [0.15, 0.2) is 106 Å². The molecule has 2 aliphatic rings.